The van der Waals surface area contributed by atoms with Crippen molar-refractivity contribution in [2.24, 2.45) is 5.92 Å². The number of hydrogen-bond donors (Lipinski definition) is 2. The summed E-state index contributed by atoms with van der Waals surface area (Å²) in [6.07, 6.45) is 2.93. The summed E-state index contributed by atoms with van der Waals surface area (Å²) in [4.78, 5) is 23.7. The molecule has 2 rings (SSSR count). The van der Waals surface area contributed by atoms with Gasteiger partial charge in [0, 0.05) is 0 Å². The molecule has 0 aromatic heterocycles. The van der Waals surface area contributed by atoms with Crippen molar-refractivity contribution in [1.29, 1.82) is 0 Å². The molecular formula is C17H22FNO4. The SMILES string of the molecule is COc1ccc(CC(=O)N[C@@]2(C)CCCC[C@@H]2C(=O)O)cc1F. The first-order valence-electron chi connectivity index (χ1n) is 7.72. The standard InChI is InChI=1S/C17H22FNO4/c1-17(8-4-3-5-12(17)16(21)22)19-15(20)10-11-6-7-14(23-2)13(18)9-11/h6-7,9,12H,3-5,8,10H2,1-2H3,(H,19,20)(H,21,22)/t12-,17+/m1/s1. The third-order valence-electron chi connectivity index (χ3n) is 4.51. The van der Waals surface area contributed by atoms with Crippen molar-refractivity contribution < 1.29 is 23.8 Å². The molecular weight excluding hydrogens is 301 g/mol. The summed E-state index contributed by atoms with van der Waals surface area (Å²) in [5, 5.41) is 12.2. The van der Waals surface area contributed by atoms with Crippen LogP contribution in [0.25, 0.3) is 0 Å². The molecule has 1 aliphatic carbocycles. The predicted molar refractivity (Wildman–Crippen MR) is 82.8 cm³/mol. The largest absolute Gasteiger partial charge is 0.494 e. The minimum atomic E-state index is -0.886. The number of carbonyl (C=O) groups excluding carboxylic acids is 1. The van der Waals surface area contributed by atoms with Gasteiger partial charge in [-0.05, 0) is 37.5 Å². The van der Waals surface area contributed by atoms with Gasteiger partial charge < -0.3 is 15.2 Å². The van der Waals surface area contributed by atoms with E-state index in [4.69, 9.17) is 4.74 Å². The first-order valence-corrected chi connectivity index (χ1v) is 7.72. The van der Waals surface area contributed by atoms with Crippen LogP contribution < -0.4 is 10.1 Å². The summed E-state index contributed by atoms with van der Waals surface area (Å²) in [5.41, 5.74) is -0.237. The Balaban J connectivity index is 2.06. The maximum absolute atomic E-state index is 13.7. The summed E-state index contributed by atoms with van der Waals surface area (Å²) in [5.74, 6) is -2.18. The van der Waals surface area contributed by atoms with E-state index in [-0.39, 0.29) is 18.1 Å². The second kappa shape index (κ2) is 6.98. The van der Waals surface area contributed by atoms with Gasteiger partial charge in [-0.2, -0.15) is 0 Å². The number of aliphatic carboxylic acids is 1. The molecule has 0 heterocycles. The Labute approximate surface area is 134 Å². The van der Waals surface area contributed by atoms with Crippen molar-refractivity contribution in [3.05, 3.63) is 29.6 Å². The Kier molecular flexibility index (Phi) is 5.23. The first-order chi connectivity index (χ1) is 10.9. The van der Waals surface area contributed by atoms with Gasteiger partial charge in [0.25, 0.3) is 0 Å². The van der Waals surface area contributed by atoms with Crippen LogP contribution in [0.15, 0.2) is 18.2 Å². The Bertz CT molecular complexity index is 604. The van der Waals surface area contributed by atoms with E-state index in [0.717, 1.165) is 12.8 Å². The molecule has 0 spiro atoms. The number of amides is 1. The van der Waals surface area contributed by atoms with Crippen LogP contribution in [0.3, 0.4) is 0 Å². The number of ether oxygens (including phenoxy) is 1. The highest BCUT2D eigenvalue weighted by atomic mass is 19.1. The molecule has 1 amide bonds. The van der Waals surface area contributed by atoms with Crippen LogP contribution in [-0.2, 0) is 16.0 Å². The first kappa shape index (κ1) is 17.2. The molecule has 1 aromatic rings. The number of methoxy groups -OCH3 is 1. The van der Waals surface area contributed by atoms with E-state index in [1.54, 1.807) is 13.0 Å². The van der Waals surface area contributed by atoms with Gasteiger partial charge >= 0.3 is 5.97 Å². The second-order valence-corrected chi connectivity index (χ2v) is 6.25. The molecule has 1 fully saturated rings. The highest BCUT2D eigenvalue weighted by molar-refractivity contribution is 5.81. The van der Waals surface area contributed by atoms with Crippen LogP contribution in [0, 0.1) is 11.7 Å². The smallest absolute Gasteiger partial charge is 0.308 e. The van der Waals surface area contributed by atoms with Crippen molar-refractivity contribution in [2.45, 2.75) is 44.6 Å². The summed E-state index contributed by atoms with van der Waals surface area (Å²) in [7, 11) is 1.38. The second-order valence-electron chi connectivity index (χ2n) is 6.25. The molecule has 0 unspecified atom stereocenters. The average molecular weight is 323 g/mol. The number of carbonyl (C=O) groups is 2. The fraction of sp³-hybridized carbons (Fsp3) is 0.529. The van der Waals surface area contributed by atoms with Crippen LogP contribution in [0.4, 0.5) is 4.39 Å². The zero-order valence-corrected chi connectivity index (χ0v) is 13.4. The molecule has 23 heavy (non-hydrogen) atoms. The minimum absolute atomic E-state index is 0.00282. The minimum Gasteiger partial charge on any atom is -0.494 e. The maximum atomic E-state index is 13.7. The number of hydrogen-bond acceptors (Lipinski definition) is 3. The van der Waals surface area contributed by atoms with Crippen LogP contribution >= 0.6 is 0 Å². The van der Waals surface area contributed by atoms with E-state index < -0.39 is 23.2 Å². The van der Waals surface area contributed by atoms with Crippen molar-refractivity contribution in [3.63, 3.8) is 0 Å². The number of nitrogens with one attached hydrogen (secondary N) is 1. The fourth-order valence-electron chi connectivity index (χ4n) is 3.25. The summed E-state index contributed by atoms with van der Waals surface area (Å²) < 4.78 is 18.5. The molecule has 0 radical (unpaired) electrons. The highest BCUT2D eigenvalue weighted by Gasteiger charge is 2.42. The lowest BCUT2D eigenvalue weighted by Crippen LogP contribution is -2.55. The van der Waals surface area contributed by atoms with Gasteiger partial charge in [0.15, 0.2) is 11.6 Å². The molecule has 1 aromatic carbocycles. The van der Waals surface area contributed by atoms with Crippen LogP contribution in [-0.4, -0.2) is 29.6 Å². The Morgan fingerprint density at radius 2 is 2.17 bits per heavy atom. The molecule has 126 valence electrons. The van der Waals surface area contributed by atoms with Gasteiger partial charge in [0.1, 0.15) is 0 Å². The molecule has 0 saturated heterocycles. The van der Waals surface area contributed by atoms with E-state index in [9.17, 15) is 19.1 Å². The Morgan fingerprint density at radius 1 is 1.43 bits per heavy atom. The summed E-state index contributed by atoms with van der Waals surface area (Å²) in [6, 6.07) is 4.36. The molecule has 6 heteroatoms. The predicted octanol–water partition coefficient (Wildman–Crippen LogP) is 2.53. The van der Waals surface area contributed by atoms with Crippen molar-refractivity contribution >= 4 is 11.9 Å². The van der Waals surface area contributed by atoms with Gasteiger partial charge in [-0.1, -0.05) is 18.9 Å². The zero-order chi connectivity index (χ0) is 17.0. The van der Waals surface area contributed by atoms with E-state index in [2.05, 4.69) is 5.32 Å². The number of halogens is 1. The number of rotatable bonds is 5. The van der Waals surface area contributed by atoms with Gasteiger partial charge in [0.05, 0.1) is 25.0 Å². The van der Waals surface area contributed by atoms with Gasteiger partial charge in [-0.25, -0.2) is 4.39 Å². The monoisotopic (exact) mass is 323 g/mol. The topological polar surface area (TPSA) is 75.6 Å². The lowest BCUT2D eigenvalue weighted by molar-refractivity contribution is -0.146. The third kappa shape index (κ3) is 4.00. The molecule has 5 nitrogen and oxygen atoms in total. The molecule has 0 bridgehead atoms. The molecule has 1 aliphatic rings. The highest BCUT2D eigenvalue weighted by Crippen LogP contribution is 2.34. The van der Waals surface area contributed by atoms with Crippen LogP contribution in [0.2, 0.25) is 0 Å². The summed E-state index contributed by atoms with van der Waals surface area (Å²) in [6.45, 7) is 1.78. The molecule has 0 aliphatic heterocycles. The lowest BCUT2D eigenvalue weighted by atomic mass is 9.74. The van der Waals surface area contributed by atoms with Gasteiger partial charge in [0.2, 0.25) is 5.91 Å². The van der Waals surface area contributed by atoms with Gasteiger partial charge in [-0.3, -0.25) is 9.59 Å². The van der Waals surface area contributed by atoms with Crippen molar-refractivity contribution in [3.8, 4) is 5.75 Å². The zero-order valence-electron chi connectivity index (χ0n) is 13.4. The Morgan fingerprint density at radius 3 is 2.78 bits per heavy atom. The normalized spacial score (nSPS) is 24.0. The number of carboxylic acid groups (broad SMARTS) is 1. The number of benzene rings is 1. The van der Waals surface area contributed by atoms with E-state index in [1.165, 1.54) is 19.2 Å². The van der Waals surface area contributed by atoms with E-state index >= 15 is 0 Å². The maximum Gasteiger partial charge on any atom is 0.308 e. The van der Waals surface area contributed by atoms with E-state index in [1.807, 2.05) is 0 Å². The lowest BCUT2D eigenvalue weighted by Gasteiger charge is -2.39. The average Bonchev–Trinajstić information content (AvgIpc) is 2.46. The van der Waals surface area contributed by atoms with Crippen LogP contribution in [0.5, 0.6) is 5.75 Å². The summed E-state index contributed by atoms with van der Waals surface area (Å²) >= 11 is 0. The van der Waals surface area contributed by atoms with E-state index in [0.29, 0.717) is 18.4 Å². The number of carboxylic acids is 1. The van der Waals surface area contributed by atoms with Gasteiger partial charge in [-0.15, -0.1) is 0 Å². The quantitative estimate of drug-likeness (QED) is 0.873. The molecule has 1 saturated carbocycles. The van der Waals surface area contributed by atoms with Crippen LogP contribution in [0.1, 0.15) is 38.2 Å². The van der Waals surface area contributed by atoms with Crippen molar-refractivity contribution in [1.82, 2.24) is 5.32 Å². The fourth-order valence-corrected chi connectivity index (χ4v) is 3.25. The Hall–Kier alpha value is -2.11. The molecule has 2 N–H and O–H groups in total. The molecule has 2 atom stereocenters. The van der Waals surface area contributed by atoms with Crippen molar-refractivity contribution in [2.75, 3.05) is 7.11 Å². The third-order valence-corrected chi connectivity index (χ3v) is 4.51.